The van der Waals surface area contributed by atoms with Crippen molar-refractivity contribution in [2.45, 2.75) is 25.3 Å². The topological polar surface area (TPSA) is 47.4 Å². The molecule has 1 aliphatic heterocycles. The summed E-state index contributed by atoms with van der Waals surface area (Å²) in [6.07, 6.45) is 5.79. The number of likely N-dealkylation sites (tertiary alicyclic amines) is 1. The van der Waals surface area contributed by atoms with Gasteiger partial charge >= 0.3 is 5.92 Å². The monoisotopic (exact) mass is 349 g/mol. The number of carbonyl (C=O) groups is 1. The van der Waals surface area contributed by atoms with Crippen molar-refractivity contribution >= 4 is 5.91 Å². The van der Waals surface area contributed by atoms with Gasteiger partial charge in [-0.3, -0.25) is 4.79 Å². The second kappa shape index (κ2) is 6.82. The van der Waals surface area contributed by atoms with Crippen molar-refractivity contribution in [1.82, 2.24) is 14.5 Å². The number of halogens is 2. The number of hydrogen-bond donors (Lipinski definition) is 0. The maximum Gasteiger partial charge on any atom is 0.349 e. The number of hydrogen-bond acceptors (Lipinski definition) is 3. The molecular weight excluding hydrogens is 328 g/mol. The SMILES string of the molecule is COc1ccc(C(F)(F)C(=O)N2CC[C@@H](C)[C@H](n3ccnc3)C2)cc1. The van der Waals surface area contributed by atoms with E-state index in [0.717, 1.165) is 0 Å². The maximum absolute atomic E-state index is 14.7. The zero-order chi connectivity index (χ0) is 18.0. The Morgan fingerprint density at radius 3 is 2.64 bits per heavy atom. The molecule has 0 saturated carbocycles. The Balaban J connectivity index is 1.78. The van der Waals surface area contributed by atoms with Gasteiger partial charge in [-0.1, -0.05) is 6.92 Å². The first-order chi connectivity index (χ1) is 11.9. The van der Waals surface area contributed by atoms with Crippen LogP contribution in [0, 0.1) is 5.92 Å². The Morgan fingerprint density at radius 2 is 2.04 bits per heavy atom. The number of ether oxygens (including phenoxy) is 1. The second-order valence-corrected chi connectivity index (χ2v) is 6.40. The van der Waals surface area contributed by atoms with E-state index in [0.29, 0.717) is 18.7 Å². The lowest BCUT2D eigenvalue weighted by atomic mass is 9.92. The van der Waals surface area contributed by atoms with Gasteiger partial charge in [0.25, 0.3) is 5.91 Å². The summed E-state index contributed by atoms with van der Waals surface area (Å²) in [5, 5.41) is 0. The lowest BCUT2D eigenvalue weighted by Crippen LogP contribution is -2.49. The molecular formula is C18H21F2N3O2. The predicted molar refractivity (Wildman–Crippen MR) is 88.5 cm³/mol. The molecule has 2 aromatic rings. The van der Waals surface area contributed by atoms with Crippen LogP contribution in [0.3, 0.4) is 0 Å². The normalized spacial score (nSPS) is 21.2. The summed E-state index contributed by atoms with van der Waals surface area (Å²) in [4.78, 5) is 17.8. The summed E-state index contributed by atoms with van der Waals surface area (Å²) < 4.78 is 36.2. The van der Waals surface area contributed by atoms with Crippen molar-refractivity contribution in [2.24, 2.45) is 5.92 Å². The van der Waals surface area contributed by atoms with Crippen LogP contribution < -0.4 is 4.74 Å². The number of benzene rings is 1. The molecule has 0 unspecified atom stereocenters. The van der Waals surface area contributed by atoms with Crippen molar-refractivity contribution in [3.8, 4) is 5.75 Å². The van der Waals surface area contributed by atoms with Crippen molar-refractivity contribution < 1.29 is 18.3 Å². The maximum atomic E-state index is 14.7. The largest absolute Gasteiger partial charge is 0.497 e. The number of carbonyl (C=O) groups excluding carboxylic acids is 1. The molecule has 1 aromatic heterocycles. The minimum absolute atomic E-state index is 0.0492. The number of nitrogens with zero attached hydrogens (tertiary/aromatic N) is 3. The average Bonchev–Trinajstić information content (AvgIpc) is 3.16. The fourth-order valence-electron chi connectivity index (χ4n) is 3.21. The van der Waals surface area contributed by atoms with Gasteiger partial charge in [-0.2, -0.15) is 8.78 Å². The van der Waals surface area contributed by atoms with Crippen LogP contribution in [0.15, 0.2) is 43.0 Å². The van der Waals surface area contributed by atoms with Crippen LogP contribution in [0.2, 0.25) is 0 Å². The summed E-state index contributed by atoms with van der Waals surface area (Å²) in [7, 11) is 1.46. The number of methoxy groups -OCH3 is 1. The quantitative estimate of drug-likeness (QED) is 0.852. The Morgan fingerprint density at radius 1 is 1.32 bits per heavy atom. The van der Waals surface area contributed by atoms with E-state index in [1.54, 1.807) is 18.7 Å². The van der Waals surface area contributed by atoms with Gasteiger partial charge in [-0.25, -0.2) is 4.98 Å². The molecule has 0 aliphatic carbocycles. The van der Waals surface area contributed by atoms with Gasteiger partial charge in [0.1, 0.15) is 5.75 Å². The molecule has 25 heavy (non-hydrogen) atoms. The molecule has 7 heteroatoms. The van der Waals surface area contributed by atoms with Crippen LogP contribution in [-0.2, 0) is 10.7 Å². The molecule has 134 valence electrons. The number of amides is 1. The third-order valence-corrected chi connectivity index (χ3v) is 4.83. The van der Waals surface area contributed by atoms with E-state index in [9.17, 15) is 13.6 Å². The van der Waals surface area contributed by atoms with Crippen molar-refractivity contribution in [3.05, 3.63) is 48.5 Å². The van der Waals surface area contributed by atoms with Crippen molar-refractivity contribution in [3.63, 3.8) is 0 Å². The lowest BCUT2D eigenvalue weighted by Gasteiger charge is -2.39. The first kappa shape index (κ1) is 17.4. The van der Waals surface area contributed by atoms with Crippen LogP contribution in [0.1, 0.15) is 24.9 Å². The minimum Gasteiger partial charge on any atom is -0.497 e. The highest BCUT2D eigenvalue weighted by Gasteiger charge is 2.45. The molecule has 0 N–H and O–H groups in total. The molecule has 2 atom stereocenters. The van der Waals surface area contributed by atoms with Crippen LogP contribution in [0.25, 0.3) is 0 Å². The fourth-order valence-corrected chi connectivity index (χ4v) is 3.21. The number of alkyl halides is 2. The first-order valence-corrected chi connectivity index (χ1v) is 8.22. The van der Waals surface area contributed by atoms with E-state index < -0.39 is 11.8 Å². The molecule has 1 fully saturated rings. The summed E-state index contributed by atoms with van der Waals surface area (Å²) in [6, 6.07) is 5.28. The molecule has 0 radical (unpaired) electrons. The van der Waals surface area contributed by atoms with E-state index in [2.05, 4.69) is 11.9 Å². The van der Waals surface area contributed by atoms with Gasteiger partial charge in [0, 0.05) is 31.0 Å². The highest BCUT2D eigenvalue weighted by Crippen LogP contribution is 2.35. The molecule has 0 spiro atoms. The average molecular weight is 349 g/mol. The Kier molecular flexibility index (Phi) is 4.74. The first-order valence-electron chi connectivity index (χ1n) is 8.22. The zero-order valence-electron chi connectivity index (χ0n) is 14.2. The van der Waals surface area contributed by atoms with E-state index in [1.807, 2.05) is 4.57 Å². The molecule has 0 bridgehead atoms. The molecule has 1 aromatic carbocycles. The van der Waals surface area contributed by atoms with Crippen LogP contribution in [0.5, 0.6) is 5.75 Å². The van der Waals surface area contributed by atoms with Gasteiger partial charge in [-0.15, -0.1) is 0 Å². The highest BCUT2D eigenvalue weighted by atomic mass is 19.3. The molecule has 1 saturated heterocycles. The summed E-state index contributed by atoms with van der Waals surface area (Å²) in [5.74, 6) is -3.96. The molecule has 1 aliphatic rings. The van der Waals surface area contributed by atoms with Gasteiger partial charge in [0.15, 0.2) is 0 Å². The number of imidazole rings is 1. The van der Waals surface area contributed by atoms with Crippen molar-refractivity contribution in [2.75, 3.05) is 20.2 Å². The zero-order valence-corrected chi connectivity index (χ0v) is 14.2. The predicted octanol–water partition coefficient (Wildman–Crippen LogP) is 3.09. The van der Waals surface area contributed by atoms with E-state index in [1.165, 1.54) is 36.3 Å². The Labute approximate surface area is 145 Å². The van der Waals surface area contributed by atoms with Crippen LogP contribution in [-0.4, -0.2) is 40.6 Å². The molecule has 1 amide bonds. The van der Waals surface area contributed by atoms with E-state index >= 15 is 0 Å². The Hall–Kier alpha value is -2.44. The number of aromatic nitrogens is 2. The smallest absolute Gasteiger partial charge is 0.349 e. The van der Waals surface area contributed by atoms with E-state index in [4.69, 9.17) is 4.74 Å². The second-order valence-electron chi connectivity index (χ2n) is 6.40. The number of piperidine rings is 1. The third-order valence-electron chi connectivity index (χ3n) is 4.83. The summed E-state index contributed by atoms with van der Waals surface area (Å²) >= 11 is 0. The standard InChI is InChI=1S/C18H21F2N3O2/c1-13-7-9-22(11-16(13)23-10-8-21-12-23)17(24)18(19,20)14-3-5-15(25-2)6-4-14/h3-6,8,10,12-13,16H,7,9,11H2,1-2H3/t13-,16-/m1/s1. The van der Waals surface area contributed by atoms with Gasteiger partial charge in [-0.05, 0) is 36.6 Å². The minimum atomic E-state index is -3.56. The van der Waals surface area contributed by atoms with Crippen molar-refractivity contribution in [1.29, 1.82) is 0 Å². The third kappa shape index (κ3) is 3.36. The van der Waals surface area contributed by atoms with Gasteiger partial charge in [0.05, 0.1) is 19.5 Å². The summed E-state index contributed by atoms with van der Waals surface area (Å²) in [5.41, 5.74) is -0.323. The lowest BCUT2D eigenvalue weighted by molar-refractivity contribution is -0.161. The van der Waals surface area contributed by atoms with Crippen LogP contribution in [0.4, 0.5) is 8.78 Å². The van der Waals surface area contributed by atoms with E-state index in [-0.39, 0.29) is 24.1 Å². The number of rotatable bonds is 4. The molecule has 2 heterocycles. The Bertz CT molecular complexity index is 716. The van der Waals surface area contributed by atoms with Gasteiger partial charge < -0.3 is 14.2 Å². The molecule has 5 nitrogen and oxygen atoms in total. The van der Waals surface area contributed by atoms with Gasteiger partial charge in [0.2, 0.25) is 0 Å². The molecule has 3 rings (SSSR count). The highest BCUT2D eigenvalue weighted by molar-refractivity contribution is 5.85. The van der Waals surface area contributed by atoms with Crippen LogP contribution >= 0.6 is 0 Å². The summed E-state index contributed by atoms with van der Waals surface area (Å²) in [6.45, 7) is 2.65. The fraction of sp³-hybridized carbons (Fsp3) is 0.444.